The number of alkyl halides is 3. The predicted octanol–water partition coefficient (Wildman–Crippen LogP) is 3.32. The minimum atomic E-state index is -4.62. The molecule has 0 radical (unpaired) electrons. The molecule has 1 aromatic carbocycles. The van der Waals surface area contributed by atoms with Crippen molar-refractivity contribution in [3.05, 3.63) is 29.6 Å². The Morgan fingerprint density at radius 1 is 1.35 bits per heavy atom. The van der Waals surface area contributed by atoms with E-state index in [-0.39, 0.29) is 36.5 Å². The lowest BCUT2D eigenvalue weighted by Gasteiger charge is -2.41. The molecule has 1 saturated carbocycles. The highest BCUT2D eigenvalue weighted by molar-refractivity contribution is 5.96. The molecule has 5 nitrogen and oxygen atoms in total. The molecule has 3 rings (SSSR count). The summed E-state index contributed by atoms with van der Waals surface area (Å²) < 4.78 is 59.2. The van der Waals surface area contributed by atoms with Gasteiger partial charge in [0.15, 0.2) is 0 Å². The first-order valence-electron chi connectivity index (χ1n) is 8.30. The molecule has 9 heteroatoms. The highest BCUT2D eigenvalue weighted by atomic mass is 19.4. The molecular formula is C17H19F4N3O2. The number of nitrogens with zero attached hydrogens (tertiary/aromatic N) is 1. The molecule has 0 aromatic heterocycles. The fourth-order valence-corrected chi connectivity index (χ4v) is 3.20. The van der Waals surface area contributed by atoms with Crippen LogP contribution in [0.15, 0.2) is 23.2 Å². The third-order valence-electron chi connectivity index (χ3n) is 4.90. The third-order valence-corrected chi connectivity index (χ3v) is 4.90. The van der Waals surface area contributed by atoms with Crippen LogP contribution in [0, 0.1) is 11.2 Å². The average Bonchev–Trinajstić information content (AvgIpc) is 2.71. The molecule has 1 unspecified atom stereocenters. The van der Waals surface area contributed by atoms with Gasteiger partial charge in [0.1, 0.15) is 23.7 Å². The normalized spacial score (nSPS) is 22.8. The van der Waals surface area contributed by atoms with Crippen molar-refractivity contribution in [3.63, 3.8) is 0 Å². The summed E-state index contributed by atoms with van der Waals surface area (Å²) in [5.41, 5.74) is 3.57. The molecule has 142 valence electrons. The average molecular weight is 373 g/mol. The number of nitrogens with two attached hydrogens (primary N) is 1. The predicted molar refractivity (Wildman–Crippen MR) is 87.2 cm³/mol. The minimum Gasteiger partial charge on any atom is -0.386 e. The number of aliphatic imine (C=N–C) groups is 1. The molecule has 1 aliphatic carbocycles. The van der Waals surface area contributed by atoms with Crippen LogP contribution >= 0.6 is 0 Å². The maximum absolute atomic E-state index is 14.2. The van der Waals surface area contributed by atoms with E-state index in [4.69, 9.17) is 10.5 Å². The summed E-state index contributed by atoms with van der Waals surface area (Å²) in [5.74, 6) is -1.46. The van der Waals surface area contributed by atoms with Crippen molar-refractivity contribution < 1.29 is 27.1 Å². The number of anilines is 1. The van der Waals surface area contributed by atoms with Crippen LogP contribution in [0.4, 0.5) is 23.2 Å². The zero-order chi connectivity index (χ0) is 18.9. The number of hydrogen-bond acceptors (Lipinski definition) is 4. The van der Waals surface area contributed by atoms with Crippen LogP contribution < -0.4 is 11.1 Å². The zero-order valence-corrected chi connectivity index (χ0v) is 13.9. The smallest absolute Gasteiger partial charge is 0.386 e. The topological polar surface area (TPSA) is 76.7 Å². The maximum Gasteiger partial charge on any atom is 0.403 e. The molecule has 0 spiro atoms. The quantitative estimate of drug-likeness (QED) is 0.798. The number of nitrogens with one attached hydrogen (secondary N) is 1. The second-order valence-corrected chi connectivity index (χ2v) is 6.60. The van der Waals surface area contributed by atoms with Crippen molar-refractivity contribution in [1.29, 1.82) is 0 Å². The molecule has 0 saturated heterocycles. The van der Waals surface area contributed by atoms with E-state index in [1.807, 2.05) is 0 Å². The lowest BCUT2D eigenvalue weighted by atomic mass is 9.67. The van der Waals surface area contributed by atoms with Crippen molar-refractivity contribution in [3.8, 4) is 0 Å². The van der Waals surface area contributed by atoms with Crippen LogP contribution in [0.1, 0.15) is 37.3 Å². The number of amides is 1. The van der Waals surface area contributed by atoms with Gasteiger partial charge in [-0.05, 0) is 37.5 Å². The number of ether oxygens (including phenoxy) is 1. The van der Waals surface area contributed by atoms with Gasteiger partial charge in [-0.2, -0.15) is 13.2 Å². The van der Waals surface area contributed by atoms with E-state index in [0.717, 1.165) is 6.07 Å². The first-order chi connectivity index (χ1) is 12.2. The second kappa shape index (κ2) is 6.86. The summed E-state index contributed by atoms with van der Waals surface area (Å²) in [5, 5.41) is 2.29. The van der Waals surface area contributed by atoms with Crippen LogP contribution in [-0.4, -0.2) is 31.1 Å². The highest BCUT2D eigenvalue weighted by Gasteiger charge is 2.63. The van der Waals surface area contributed by atoms with Gasteiger partial charge in [-0.15, -0.1) is 0 Å². The maximum atomic E-state index is 14.2. The van der Waals surface area contributed by atoms with E-state index in [1.165, 1.54) is 12.1 Å². The van der Waals surface area contributed by atoms with Gasteiger partial charge in [0.25, 0.3) is 0 Å². The molecule has 0 bridgehead atoms. The summed E-state index contributed by atoms with van der Waals surface area (Å²) in [6, 6.07) is 3.03. The summed E-state index contributed by atoms with van der Waals surface area (Å²) >= 11 is 0. The Balaban J connectivity index is 1.84. The van der Waals surface area contributed by atoms with Crippen LogP contribution in [0.25, 0.3) is 0 Å². The van der Waals surface area contributed by atoms with Crippen molar-refractivity contribution in [2.45, 2.75) is 37.9 Å². The van der Waals surface area contributed by atoms with Gasteiger partial charge >= 0.3 is 6.18 Å². The molecule has 1 amide bonds. The van der Waals surface area contributed by atoms with Crippen molar-refractivity contribution in [2.24, 2.45) is 16.1 Å². The molecule has 1 atom stereocenters. The molecular weight excluding hydrogens is 354 g/mol. The van der Waals surface area contributed by atoms with Gasteiger partial charge in [-0.3, -0.25) is 9.79 Å². The number of amidine groups is 1. The number of rotatable bonds is 3. The van der Waals surface area contributed by atoms with E-state index >= 15 is 0 Å². The Morgan fingerprint density at radius 2 is 2.08 bits per heavy atom. The number of carbonyl (C=O) groups is 1. The summed E-state index contributed by atoms with van der Waals surface area (Å²) in [6.07, 6.45) is -4.37. The van der Waals surface area contributed by atoms with Gasteiger partial charge in [0, 0.05) is 17.9 Å². The van der Waals surface area contributed by atoms with Crippen LogP contribution in [0.5, 0.6) is 0 Å². The van der Waals surface area contributed by atoms with Gasteiger partial charge in [-0.25, -0.2) is 4.39 Å². The van der Waals surface area contributed by atoms with E-state index in [2.05, 4.69) is 10.3 Å². The molecule has 3 N–H and O–H groups in total. The number of halogens is 4. The summed E-state index contributed by atoms with van der Waals surface area (Å²) in [4.78, 5) is 16.4. The first-order valence-corrected chi connectivity index (χ1v) is 8.30. The highest BCUT2D eigenvalue weighted by Crippen LogP contribution is 2.53. The molecule has 1 heterocycles. The molecule has 26 heavy (non-hydrogen) atoms. The Hall–Kier alpha value is -2.16. The van der Waals surface area contributed by atoms with Gasteiger partial charge in [0.2, 0.25) is 5.91 Å². The van der Waals surface area contributed by atoms with Gasteiger partial charge in [0.05, 0.1) is 6.04 Å². The summed E-state index contributed by atoms with van der Waals surface area (Å²) in [6.45, 7) is 0.463. The van der Waals surface area contributed by atoms with Crippen molar-refractivity contribution in [1.82, 2.24) is 0 Å². The number of benzene rings is 1. The Morgan fingerprint density at radius 3 is 2.69 bits per heavy atom. The lowest BCUT2D eigenvalue weighted by molar-refractivity contribution is -0.240. The first kappa shape index (κ1) is 18.6. The van der Waals surface area contributed by atoms with Crippen LogP contribution in [0.2, 0.25) is 0 Å². The van der Waals surface area contributed by atoms with E-state index in [9.17, 15) is 22.4 Å². The van der Waals surface area contributed by atoms with E-state index in [1.54, 1.807) is 0 Å². The van der Waals surface area contributed by atoms with Gasteiger partial charge in [-0.1, -0.05) is 6.42 Å². The minimum absolute atomic E-state index is 0.0980. The fraction of sp³-hybridized carbons (Fsp3) is 0.529. The monoisotopic (exact) mass is 373 g/mol. The lowest BCUT2D eigenvalue weighted by Crippen LogP contribution is -2.52. The van der Waals surface area contributed by atoms with Crippen molar-refractivity contribution in [2.75, 3.05) is 18.5 Å². The Labute approximate surface area is 147 Å². The fourth-order valence-electron chi connectivity index (χ4n) is 3.20. The van der Waals surface area contributed by atoms with Crippen LogP contribution in [-0.2, 0) is 9.53 Å². The molecule has 1 fully saturated rings. The number of carbonyl (C=O) groups excluding carboxylic acids is 1. The Bertz CT molecular complexity index is 729. The standard InChI is InChI=1S/C17H19F4N3O2/c18-12-3-2-10(8-11(12)13-4-7-26-9-14(22)24-13)23-15(25)16(5-1-6-16)17(19,20)21/h2-3,8,13H,1,4-7,9H2,(H2,22,24)(H,23,25). The largest absolute Gasteiger partial charge is 0.403 e. The molecule has 1 aliphatic heterocycles. The third kappa shape index (κ3) is 3.40. The second-order valence-electron chi connectivity index (χ2n) is 6.60. The summed E-state index contributed by atoms with van der Waals surface area (Å²) in [7, 11) is 0. The zero-order valence-electron chi connectivity index (χ0n) is 13.9. The molecule has 2 aliphatic rings. The van der Waals surface area contributed by atoms with Crippen molar-refractivity contribution >= 4 is 17.4 Å². The Kier molecular flexibility index (Phi) is 4.92. The van der Waals surface area contributed by atoms with Crippen LogP contribution in [0.3, 0.4) is 0 Å². The van der Waals surface area contributed by atoms with E-state index < -0.39 is 29.4 Å². The SMILES string of the molecule is NC1=NC(c2cc(NC(=O)C3(C(F)(F)F)CCC3)ccc2F)CCOC1. The van der Waals surface area contributed by atoms with E-state index in [0.29, 0.717) is 19.4 Å². The molecule has 1 aromatic rings. The number of hydrogen-bond donors (Lipinski definition) is 2. The van der Waals surface area contributed by atoms with Gasteiger partial charge < -0.3 is 15.8 Å².